The minimum Gasteiger partial charge on any atom is -0.495 e. The second-order valence-electron chi connectivity index (χ2n) is 10.1. The van der Waals surface area contributed by atoms with E-state index in [2.05, 4.69) is 36.4 Å². The summed E-state index contributed by atoms with van der Waals surface area (Å²) in [6.07, 6.45) is 8.37. The highest BCUT2D eigenvalue weighted by atomic mass is 35.5. The normalized spacial score (nSPS) is 12.6. The molecule has 0 aliphatic rings. The number of nitrogens with one attached hydrogen (secondary N) is 2. The Labute approximate surface area is 232 Å². The van der Waals surface area contributed by atoms with Crippen LogP contribution in [0.15, 0.2) is 54.7 Å². The van der Waals surface area contributed by atoms with Crippen LogP contribution in [0.3, 0.4) is 0 Å². The maximum Gasteiger partial charge on any atom is 0.256 e. The molecule has 2 N–H and O–H groups in total. The summed E-state index contributed by atoms with van der Waals surface area (Å²) in [5, 5.41) is 6.87. The smallest absolute Gasteiger partial charge is 0.256 e. The molecule has 0 saturated heterocycles. The Hall–Kier alpha value is -3.12. The van der Waals surface area contributed by atoms with Crippen LogP contribution in [-0.4, -0.2) is 23.0 Å². The summed E-state index contributed by atoms with van der Waals surface area (Å²) >= 11 is 6.31. The second kappa shape index (κ2) is 15.3. The van der Waals surface area contributed by atoms with Crippen LogP contribution in [0.1, 0.15) is 80.2 Å². The van der Waals surface area contributed by atoms with Gasteiger partial charge < -0.3 is 15.4 Å². The summed E-state index contributed by atoms with van der Waals surface area (Å²) in [5.74, 6) is 3.15. The molecule has 2 atom stereocenters. The van der Waals surface area contributed by atoms with Gasteiger partial charge in [0, 0.05) is 25.7 Å². The molecule has 3 aromatic rings. The van der Waals surface area contributed by atoms with Crippen molar-refractivity contribution in [1.82, 2.24) is 15.3 Å². The van der Waals surface area contributed by atoms with Crippen LogP contribution in [0, 0.1) is 11.8 Å². The summed E-state index contributed by atoms with van der Waals surface area (Å²) in [4.78, 5) is 22.4. The van der Waals surface area contributed by atoms with Gasteiger partial charge >= 0.3 is 0 Å². The molecule has 1 aromatic heterocycles. The molecule has 7 heteroatoms. The molecular formula is C31H41ClN4O2. The molecular weight excluding hydrogens is 496 g/mol. The standard InChI is InChI=1S/C31H41ClN4O2/c1-5-22(2)14-15-23(3)10-9-13-29-33-21-26(31(37)35-19-24-11-7-6-8-12-24)30(36-29)34-20-25-16-17-28(38-4)27(32)18-25/h6-8,11-12,16-18,21-23H,5,9-10,13-15,19-20H2,1-4H3,(H,35,37)(H,33,34,36). The fraction of sp³-hybridized carbons (Fsp3) is 0.452. The van der Waals surface area contributed by atoms with Crippen molar-refractivity contribution in [2.75, 3.05) is 12.4 Å². The first-order chi connectivity index (χ1) is 18.4. The number of aromatic nitrogens is 2. The van der Waals surface area contributed by atoms with Crippen molar-refractivity contribution in [2.45, 2.75) is 72.4 Å². The van der Waals surface area contributed by atoms with Gasteiger partial charge in [-0.3, -0.25) is 4.79 Å². The lowest BCUT2D eigenvalue weighted by molar-refractivity contribution is 0.0951. The molecule has 1 amide bonds. The van der Waals surface area contributed by atoms with Gasteiger partial charge in [-0.05, 0) is 41.5 Å². The molecule has 3 rings (SSSR count). The molecule has 2 aromatic carbocycles. The topological polar surface area (TPSA) is 76.1 Å². The molecule has 0 spiro atoms. The molecule has 0 aliphatic heterocycles. The van der Waals surface area contributed by atoms with E-state index >= 15 is 0 Å². The van der Waals surface area contributed by atoms with Crippen LogP contribution in [0.5, 0.6) is 5.75 Å². The highest BCUT2D eigenvalue weighted by molar-refractivity contribution is 6.32. The Bertz CT molecular complexity index is 1160. The third-order valence-corrected chi connectivity index (χ3v) is 7.30. The monoisotopic (exact) mass is 536 g/mol. The van der Waals surface area contributed by atoms with Gasteiger partial charge in [-0.15, -0.1) is 0 Å². The Morgan fingerprint density at radius 1 is 1.00 bits per heavy atom. The molecule has 0 aliphatic carbocycles. The third kappa shape index (κ3) is 9.32. The summed E-state index contributed by atoms with van der Waals surface area (Å²) < 4.78 is 5.25. The number of halogens is 1. The highest BCUT2D eigenvalue weighted by Crippen LogP contribution is 2.26. The van der Waals surface area contributed by atoms with Crippen LogP contribution < -0.4 is 15.4 Å². The minimum absolute atomic E-state index is 0.214. The van der Waals surface area contributed by atoms with E-state index < -0.39 is 0 Å². The van der Waals surface area contributed by atoms with Crippen LogP contribution in [0.2, 0.25) is 5.02 Å². The molecule has 2 unspecified atom stereocenters. The fourth-order valence-electron chi connectivity index (χ4n) is 4.24. The van der Waals surface area contributed by atoms with Gasteiger partial charge in [-0.2, -0.15) is 0 Å². The van der Waals surface area contributed by atoms with E-state index in [0.29, 0.717) is 41.2 Å². The number of carbonyl (C=O) groups is 1. The number of carbonyl (C=O) groups excluding carboxylic acids is 1. The number of ether oxygens (including phenoxy) is 1. The maximum absolute atomic E-state index is 13.1. The Morgan fingerprint density at radius 2 is 1.76 bits per heavy atom. The first-order valence-corrected chi connectivity index (χ1v) is 14.0. The second-order valence-corrected chi connectivity index (χ2v) is 10.5. The number of methoxy groups -OCH3 is 1. The third-order valence-electron chi connectivity index (χ3n) is 7.00. The zero-order chi connectivity index (χ0) is 27.3. The summed E-state index contributed by atoms with van der Waals surface area (Å²) in [7, 11) is 1.59. The number of aryl methyl sites for hydroxylation is 1. The lowest BCUT2D eigenvalue weighted by Gasteiger charge is -2.15. The number of rotatable bonds is 15. The van der Waals surface area contributed by atoms with Crippen molar-refractivity contribution in [3.63, 3.8) is 0 Å². The Balaban J connectivity index is 1.68. The fourth-order valence-corrected chi connectivity index (χ4v) is 4.53. The van der Waals surface area contributed by atoms with Gasteiger partial charge in [0.15, 0.2) is 0 Å². The molecule has 0 radical (unpaired) electrons. The van der Waals surface area contributed by atoms with E-state index in [4.69, 9.17) is 21.3 Å². The van der Waals surface area contributed by atoms with Gasteiger partial charge in [0.2, 0.25) is 0 Å². The number of anilines is 1. The van der Waals surface area contributed by atoms with E-state index in [0.717, 1.165) is 42.1 Å². The lowest BCUT2D eigenvalue weighted by Crippen LogP contribution is -2.25. The minimum atomic E-state index is -0.214. The van der Waals surface area contributed by atoms with Crippen molar-refractivity contribution in [3.05, 3.63) is 82.3 Å². The van der Waals surface area contributed by atoms with Gasteiger partial charge in [-0.25, -0.2) is 9.97 Å². The van der Waals surface area contributed by atoms with E-state index in [-0.39, 0.29) is 5.91 Å². The molecule has 38 heavy (non-hydrogen) atoms. The lowest BCUT2D eigenvalue weighted by atomic mass is 9.93. The van der Waals surface area contributed by atoms with E-state index in [1.54, 1.807) is 13.3 Å². The summed E-state index contributed by atoms with van der Waals surface area (Å²) in [6, 6.07) is 15.5. The van der Waals surface area contributed by atoms with E-state index in [1.807, 2.05) is 48.5 Å². The van der Waals surface area contributed by atoms with Crippen LogP contribution in [0.4, 0.5) is 5.82 Å². The summed E-state index contributed by atoms with van der Waals surface area (Å²) in [5.41, 5.74) is 2.41. The molecule has 0 saturated carbocycles. The van der Waals surface area contributed by atoms with Crippen molar-refractivity contribution < 1.29 is 9.53 Å². The van der Waals surface area contributed by atoms with Crippen molar-refractivity contribution in [3.8, 4) is 5.75 Å². The number of benzene rings is 2. The number of hydrogen-bond acceptors (Lipinski definition) is 5. The Morgan fingerprint density at radius 3 is 2.47 bits per heavy atom. The number of nitrogens with zero attached hydrogens (tertiary/aromatic N) is 2. The SMILES string of the molecule is CCC(C)CCC(C)CCCc1ncc(C(=O)NCc2ccccc2)c(NCc2ccc(OC)c(Cl)c2)n1. The van der Waals surface area contributed by atoms with Gasteiger partial charge in [0.25, 0.3) is 5.91 Å². The van der Waals surface area contributed by atoms with Crippen molar-refractivity contribution >= 4 is 23.3 Å². The van der Waals surface area contributed by atoms with Gasteiger partial charge in [-0.1, -0.05) is 94.5 Å². The molecule has 204 valence electrons. The number of hydrogen-bond donors (Lipinski definition) is 2. The van der Waals surface area contributed by atoms with Crippen LogP contribution in [0.25, 0.3) is 0 Å². The molecule has 0 fully saturated rings. The summed E-state index contributed by atoms with van der Waals surface area (Å²) in [6.45, 7) is 7.81. The first kappa shape index (κ1) is 29.4. The largest absolute Gasteiger partial charge is 0.495 e. The van der Waals surface area contributed by atoms with Crippen LogP contribution in [-0.2, 0) is 19.5 Å². The zero-order valence-corrected chi connectivity index (χ0v) is 23.9. The van der Waals surface area contributed by atoms with Gasteiger partial charge in [0.05, 0.1) is 12.1 Å². The average Bonchev–Trinajstić information content (AvgIpc) is 2.94. The predicted octanol–water partition coefficient (Wildman–Crippen LogP) is 7.47. The molecule has 6 nitrogen and oxygen atoms in total. The van der Waals surface area contributed by atoms with Crippen LogP contribution >= 0.6 is 11.6 Å². The van der Waals surface area contributed by atoms with Crippen molar-refractivity contribution in [2.24, 2.45) is 11.8 Å². The number of amides is 1. The Kier molecular flexibility index (Phi) is 11.9. The maximum atomic E-state index is 13.1. The highest BCUT2D eigenvalue weighted by Gasteiger charge is 2.16. The van der Waals surface area contributed by atoms with E-state index in [9.17, 15) is 4.79 Å². The average molecular weight is 537 g/mol. The van der Waals surface area contributed by atoms with E-state index in [1.165, 1.54) is 19.3 Å². The molecule has 1 heterocycles. The quantitative estimate of drug-likeness (QED) is 0.211. The van der Waals surface area contributed by atoms with Gasteiger partial charge in [0.1, 0.15) is 23.0 Å². The zero-order valence-electron chi connectivity index (χ0n) is 23.1. The molecule has 0 bridgehead atoms. The van der Waals surface area contributed by atoms with Crippen molar-refractivity contribution in [1.29, 1.82) is 0 Å². The predicted molar refractivity (Wildman–Crippen MR) is 156 cm³/mol. The first-order valence-electron chi connectivity index (χ1n) is 13.6.